The number of hydrogen-bond donors (Lipinski definition) is 0. The van der Waals surface area contributed by atoms with Gasteiger partial charge in [-0.15, -0.1) is 6.58 Å². The lowest BCUT2D eigenvalue weighted by atomic mass is 10.2. The summed E-state index contributed by atoms with van der Waals surface area (Å²) in [6, 6.07) is 0. The van der Waals surface area contributed by atoms with Gasteiger partial charge in [0.05, 0.1) is 6.33 Å². The molecule has 0 saturated heterocycles. The zero-order valence-corrected chi connectivity index (χ0v) is 13.6. The van der Waals surface area contributed by atoms with E-state index in [1.165, 1.54) is 9.13 Å². The summed E-state index contributed by atoms with van der Waals surface area (Å²) < 4.78 is 4.63. The molecule has 0 aromatic carbocycles. The second-order valence-corrected chi connectivity index (χ2v) is 6.05. The van der Waals surface area contributed by atoms with E-state index in [9.17, 15) is 9.59 Å². The third kappa shape index (κ3) is 3.05. The third-order valence-corrected chi connectivity index (χ3v) is 3.70. The Hall–Kier alpha value is -2.11. The van der Waals surface area contributed by atoms with Crippen molar-refractivity contribution in [1.29, 1.82) is 0 Å². The van der Waals surface area contributed by atoms with Crippen LogP contribution in [0, 0.1) is 5.92 Å². The van der Waals surface area contributed by atoms with Crippen LogP contribution in [-0.2, 0) is 20.1 Å². The number of unbranched alkanes of at least 4 members (excludes halogenated alkanes) is 2. The van der Waals surface area contributed by atoms with Gasteiger partial charge in [-0.2, -0.15) is 0 Å². The number of fused-ring (bicyclic) bond motifs is 1. The van der Waals surface area contributed by atoms with E-state index in [0.717, 1.165) is 19.3 Å². The highest BCUT2D eigenvalue weighted by Gasteiger charge is 2.16. The van der Waals surface area contributed by atoms with Crippen molar-refractivity contribution < 1.29 is 0 Å². The second-order valence-electron chi connectivity index (χ2n) is 6.05. The highest BCUT2D eigenvalue weighted by atomic mass is 16.2. The fourth-order valence-corrected chi connectivity index (χ4v) is 2.61. The highest BCUT2D eigenvalue weighted by Crippen LogP contribution is 2.09. The van der Waals surface area contributed by atoms with Crippen LogP contribution in [0.4, 0.5) is 0 Å². The van der Waals surface area contributed by atoms with Crippen LogP contribution in [0.15, 0.2) is 28.6 Å². The lowest BCUT2D eigenvalue weighted by Crippen LogP contribution is -2.39. The van der Waals surface area contributed by atoms with E-state index in [0.29, 0.717) is 30.2 Å². The molecule has 0 saturated carbocycles. The van der Waals surface area contributed by atoms with Crippen molar-refractivity contribution >= 4 is 11.2 Å². The summed E-state index contributed by atoms with van der Waals surface area (Å²) in [5.74, 6) is 0.398. The van der Waals surface area contributed by atoms with Gasteiger partial charge in [-0.3, -0.25) is 13.9 Å². The molecule has 2 rings (SSSR count). The molecule has 2 aromatic heterocycles. The number of imidazole rings is 1. The third-order valence-electron chi connectivity index (χ3n) is 3.70. The first-order chi connectivity index (χ1) is 10.5. The van der Waals surface area contributed by atoms with Crippen LogP contribution in [-0.4, -0.2) is 18.7 Å². The minimum absolute atomic E-state index is 0.241. The molecule has 0 fully saturated rings. The van der Waals surface area contributed by atoms with Crippen molar-refractivity contribution in [3.63, 3.8) is 0 Å². The van der Waals surface area contributed by atoms with Crippen LogP contribution in [0.1, 0.15) is 33.1 Å². The smallest absolute Gasteiger partial charge is 0.324 e. The van der Waals surface area contributed by atoms with E-state index in [4.69, 9.17) is 0 Å². The van der Waals surface area contributed by atoms with Crippen molar-refractivity contribution in [2.45, 2.75) is 46.2 Å². The Balaban J connectivity index is 2.50. The zero-order valence-electron chi connectivity index (χ0n) is 13.6. The quantitative estimate of drug-likeness (QED) is 0.580. The van der Waals surface area contributed by atoms with Crippen LogP contribution in [0.3, 0.4) is 0 Å². The standard InChI is InChI=1S/C16H24N4O2/c1-5-6-7-8-9-20-15(21)13-14(18(4)16(20)22)17-11-19(13)10-12(2)3/h5,11-12H,1,6-10H2,2-4H3. The van der Waals surface area contributed by atoms with Gasteiger partial charge in [0.15, 0.2) is 11.2 Å². The molecule has 0 N–H and O–H groups in total. The zero-order chi connectivity index (χ0) is 16.3. The first-order valence-corrected chi connectivity index (χ1v) is 7.73. The SMILES string of the molecule is C=CCCCCn1c(=O)c2c(ncn2CC(C)C)n(C)c1=O. The molecule has 120 valence electrons. The molecule has 6 nitrogen and oxygen atoms in total. The Morgan fingerprint density at radius 1 is 1.32 bits per heavy atom. The van der Waals surface area contributed by atoms with Gasteiger partial charge in [-0.25, -0.2) is 9.78 Å². The molecule has 0 amide bonds. The molecule has 0 aliphatic heterocycles. The van der Waals surface area contributed by atoms with Crippen molar-refractivity contribution in [3.8, 4) is 0 Å². The van der Waals surface area contributed by atoms with E-state index in [2.05, 4.69) is 25.4 Å². The average molecular weight is 304 g/mol. The van der Waals surface area contributed by atoms with Crippen LogP contribution in [0.2, 0.25) is 0 Å². The number of hydrogen-bond acceptors (Lipinski definition) is 3. The molecule has 0 atom stereocenters. The topological polar surface area (TPSA) is 61.8 Å². The van der Waals surface area contributed by atoms with Gasteiger partial charge in [-0.1, -0.05) is 19.9 Å². The maximum Gasteiger partial charge on any atom is 0.332 e. The molecule has 2 aromatic rings. The van der Waals surface area contributed by atoms with Gasteiger partial charge in [0.25, 0.3) is 5.56 Å². The number of aryl methyl sites for hydroxylation is 1. The predicted molar refractivity (Wildman–Crippen MR) is 88.1 cm³/mol. The minimum Gasteiger partial charge on any atom is -0.324 e. The van der Waals surface area contributed by atoms with Crippen LogP contribution in [0.5, 0.6) is 0 Å². The summed E-state index contributed by atoms with van der Waals surface area (Å²) in [5, 5.41) is 0. The van der Waals surface area contributed by atoms with Gasteiger partial charge >= 0.3 is 5.69 Å². The van der Waals surface area contributed by atoms with E-state index < -0.39 is 0 Å². The summed E-state index contributed by atoms with van der Waals surface area (Å²) in [6.07, 6.45) is 6.09. The van der Waals surface area contributed by atoms with E-state index in [1.54, 1.807) is 13.4 Å². The van der Waals surface area contributed by atoms with Crippen molar-refractivity contribution in [1.82, 2.24) is 18.7 Å². The minimum atomic E-state index is -0.300. The second kappa shape index (κ2) is 6.77. The first kappa shape index (κ1) is 16.3. The van der Waals surface area contributed by atoms with Gasteiger partial charge in [0.1, 0.15) is 0 Å². The molecule has 6 heteroatoms. The van der Waals surface area contributed by atoms with Crippen molar-refractivity contribution in [3.05, 3.63) is 39.8 Å². The first-order valence-electron chi connectivity index (χ1n) is 7.73. The Kier molecular flexibility index (Phi) is 5.00. The van der Waals surface area contributed by atoms with Crippen molar-refractivity contribution in [2.24, 2.45) is 13.0 Å². The maximum atomic E-state index is 12.7. The van der Waals surface area contributed by atoms with Crippen molar-refractivity contribution in [2.75, 3.05) is 0 Å². The maximum absolute atomic E-state index is 12.7. The van der Waals surface area contributed by atoms with Gasteiger partial charge in [0.2, 0.25) is 0 Å². The molecule has 22 heavy (non-hydrogen) atoms. The number of aromatic nitrogens is 4. The normalized spacial score (nSPS) is 11.5. The summed E-state index contributed by atoms with van der Waals surface area (Å²) in [5.41, 5.74) is 0.429. The summed E-state index contributed by atoms with van der Waals surface area (Å²) in [6.45, 7) is 8.99. The Labute approximate surface area is 129 Å². The van der Waals surface area contributed by atoms with Gasteiger partial charge < -0.3 is 4.57 Å². The van der Waals surface area contributed by atoms with Crippen LogP contribution < -0.4 is 11.2 Å². The number of rotatable bonds is 7. The summed E-state index contributed by atoms with van der Waals surface area (Å²) in [4.78, 5) is 29.3. The number of allylic oxidation sites excluding steroid dienone is 1. The summed E-state index contributed by atoms with van der Waals surface area (Å²) >= 11 is 0. The molecule has 0 bridgehead atoms. The molecular formula is C16H24N4O2. The van der Waals surface area contributed by atoms with E-state index >= 15 is 0 Å². The molecule has 0 aliphatic carbocycles. The largest absolute Gasteiger partial charge is 0.332 e. The molecule has 0 radical (unpaired) electrons. The Morgan fingerprint density at radius 2 is 2.05 bits per heavy atom. The van der Waals surface area contributed by atoms with Gasteiger partial charge in [0, 0.05) is 20.1 Å². The lowest BCUT2D eigenvalue weighted by molar-refractivity contribution is 0.524. The predicted octanol–water partition coefficient (Wildman–Crippen LogP) is 1.91. The Morgan fingerprint density at radius 3 is 2.68 bits per heavy atom. The van der Waals surface area contributed by atoms with Gasteiger partial charge in [-0.05, 0) is 25.2 Å². The van der Waals surface area contributed by atoms with E-state index in [1.807, 2.05) is 10.6 Å². The molecular weight excluding hydrogens is 280 g/mol. The Bertz CT molecular complexity index is 780. The fraction of sp³-hybridized carbons (Fsp3) is 0.562. The molecule has 2 heterocycles. The summed E-state index contributed by atoms with van der Waals surface area (Å²) in [7, 11) is 1.66. The van der Waals surface area contributed by atoms with E-state index in [-0.39, 0.29) is 11.2 Å². The molecule has 0 aliphatic rings. The number of nitrogens with zero attached hydrogens (tertiary/aromatic N) is 4. The highest BCUT2D eigenvalue weighted by molar-refractivity contribution is 5.69. The molecule has 0 spiro atoms. The van der Waals surface area contributed by atoms with Crippen LogP contribution >= 0.6 is 0 Å². The lowest BCUT2D eigenvalue weighted by Gasteiger charge is -2.10. The monoisotopic (exact) mass is 304 g/mol. The molecule has 0 unspecified atom stereocenters. The van der Waals surface area contributed by atoms with Crippen LogP contribution in [0.25, 0.3) is 11.2 Å². The fourth-order valence-electron chi connectivity index (χ4n) is 2.61. The average Bonchev–Trinajstić information content (AvgIpc) is 2.87.